The van der Waals surface area contributed by atoms with Crippen molar-refractivity contribution < 1.29 is 14.3 Å². The first-order chi connectivity index (χ1) is 9.88. The largest absolute Gasteiger partial charge is 0.461 e. The summed E-state index contributed by atoms with van der Waals surface area (Å²) in [6, 6.07) is -0.347. The SMILES string of the molecule is CC(C)C[C@H](NC(=O)CC1CSCCN1)C(=O)OC(C)C. The Morgan fingerprint density at radius 2 is 2.05 bits per heavy atom. The second-order valence-electron chi connectivity index (χ2n) is 6.17. The zero-order valence-corrected chi connectivity index (χ0v) is 14.3. The quantitative estimate of drug-likeness (QED) is 0.698. The van der Waals surface area contributed by atoms with E-state index in [1.54, 1.807) is 0 Å². The van der Waals surface area contributed by atoms with Crippen LogP contribution < -0.4 is 10.6 Å². The summed E-state index contributed by atoms with van der Waals surface area (Å²) in [5.74, 6) is 1.94. The van der Waals surface area contributed by atoms with E-state index in [0.717, 1.165) is 18.1 Å². The molecule has 1 amide bonds. The molecule has 0 aliphatic carbocycles. The molecule has 0 spiro atoms. The van der Waals surface area contributed by atoms with Crippen LogP contribution in [0.1, 0.15) is 40.5 Å². The van der Waals surface area contributed by atoms with Crippen LogP contribution in [0.2, 0.25) is 0 Å². The Morgan fingerprint density at radius 1 is 1.33 bits per heavy atom. The zero-order chi connectivity index (χ0) is 15.8. The number of rotatable bonds is 7. The van der Waals surface area contributed by atoms with Crippen LogP contribution in [0.5, 0.6) is 0 Å². The van der Waals surface area contributed by atoms with E-state index in [-0.39, 0.29) is 24.0 Å². The van der Waals surface area contributed by atoms with Crippen molar-refractivity contribution in [3.63, 3.8) is 0 Å². The van der Waals surface area contributed by atoms with Crippen LogP contribution in [-0.2, 0) is 14.3 Å². The maximum Gasteiger partial charge on any atom is 0.328 e. The van der Waals surface area contributed by atoms with Crippen LogP contribution >= 0.6 is 11.8 Å². The maximum absolute atomic E-state index is 12.1. The second kappa shape index (κ2) is 9.30. The molecule has 0 bridgehead atoms. The van der Waals surface area contributed by atoms with E-state index in [1.807, 2.05) is 39.5 Å². The van der Waals surface area contributed by atoms with Gasteiger partial charge in [0.25, 0.3) is 0 Å². The first-order valence-electron chi connectivity index (χ1n) is 7.69. The van der Waals surface area contributed by atoms with Gasteiger partial charge in [0.15, 0.2) is 0 Å². The Hall–Kier alpha value is -0.750. The summed E-state index contributed by atoms with van der Waals surface area (Å²) >= 11 is 1.86. The Morgan fingerprint density at radius 3 is 2.57 bits per heavy atom. The van der Waals surface area contributed by atoms with Gasteiger partial charge in [-0.05, 0) is 26.2 Å². The highest BCUT2D eigenvalue weighted by atomic mass is 32.2. The number of carbonyl (C=O) groups is 2. The second-order valence-corrected chi connectivity index (χ2v) is 7.32. The lowest BCUT2D eigenvalue weighted by Gasteiger charge is -2.25. The van der Waals surface area contributed by atoms with Gasteiger partial charge in [-0.1, -0.05) is 13.8 Å². The van der Waals surface area contributed by atoms with Crippen molar-refractivity contribution in [2.75, 3.05) is 18.1 Å². The van der Waals surface area contributed by atoms with E-state index in [2.05, 4.69) is 10.6 Å². The fourth-order valence-electron chi connectivity index (χ4n) is 2.23. The molecule has 1 unspecified atom stereocenters. The number of esters is 1. The van der Waals surface area contributed by atoms with Gasteiger partial charge in [-0.3, -0.25) is 4.79 Å². The van der Waals surface area contributed by atoms with E-state index >= 15 is 0 Å². The van der Waals surface area contributed by atoms with Gasteiger partial charge in [-0.2, -0.15) is 11.8 Å². The molecule has 6 heteroatoms. The van der Waals surface area contributed by atoms with Crippen LogP contribution in [-0.4, -0.2) is 48.1 Å². The zero-order valence-electron chi connectivity index (χ0n) is 13.5. The fraction of sp³-hybridized carbons (Fsp3) is 0.867. The predicted octanol–water partition coefficient (Wildman–Crippen LogP) is 1.56. The molecule has 0 aromatic rings. The van der Waals surface area contributed by atoms with Gasteiger partial charge in [0.1, 0.15) is 6.04 Å². The van der Waals surface area contributed by atoms with E-state index in [9.17, 15) is 9.59 Å². The van der Waals surface area contributed by atoms with Crippen molar-refractivity contribution >= 4 is 23.6 Å². The van der Waals surface area contributed by atoms with Gasteiger partial charge in [-0.15, -0.1) is 0 Å². The molecule has 2 atom stereocenters. The summed E-state index contributed by atoms with van der Waals surface area (Å²) in [5, 5.41) is 6.17. The van der Waals surface area contributed by atoms with Gasteiger partial charge >= 0.3 is 5.97 Å². The first-order valence-corrected chi connectivity index (χ1v) is 8.85. The molecule has 0 saturated carbocycles. The first kappa shape index (κ1) is 18.3. The third-order valence-corrected chi connectivity index (χ3v) is 4.24. The van der Waals surface area contributed by atoms with Crippen LogP contribution in [0, 0.1) is 5.92 Å². The molecule has 1 aliphatic rings. The predicted molar refractivity (Wildman–Crippen MR) is 86.3 cm³/mol. The normalized spacial score (nSPS) is 20.4. The minimum absolute atomic E-state index is 0.0821. The molecular formula is C15H28N2O3S. The van der Waals surface area contributed by atoms with E-state index in [0.29, 0.717) is 18.8 Å². The number of carbonyl (C=O) groups excluding carboxylic acids is 2. The lowest BCUT2D eigenvalue weighted by molar-refractivity contribution is -0.152. The van der Waals surface area contributed by atoms with Gasteiger partial charge in [0.05, 0.1) is 6.10 Å². The number of ether oxygens (including phenoxy) is 1. The highest BCUT2D eigenvalue weighted by molar-refractivity contribution is 7.99. The summed E-state index contributed by atoms with van der Waals surface area (Å²) in [6.07, 6.45) is 0.848. The van der Waals surface area contributed by atoms with Crippen molar-refractivity contribution in [3.05, 3.63) is 0 Å². The lowest BCUT2D eigenvalue weighted by Crippen LogP contribution is -2.47. The summed E-state index contributed by atoms with van der Waals surface area (Å²) in [6.45, 7) is 8.63. The highest BCUT2D eigenvalue weighted by Gasteiger charge is 2.25. The average molecular weight is 316 g/mol. The molecule has 21 heavy (non-hydrogen) atoms. The summed E-state index contributed by atoms with van der Waals surface area (Å²) in [4.78, 5) is 24.2. The molecule has 1 rings (SSSR count). The standard InChI is InChI=1S/C15H28N2O3S/c1-10(2)7-13(15(19)20-11(3)4)17-14(18)8-12-9-21-6-5-16-12/h10-13,16H,5-9H2,1-4H3,(H,17,18)/t12?,13-/m0/s1. The van der Waals surface area contributed by atoms with Gasteiger partial charge in [-0.25, -0.2) is 4.79 Å². The van der Waals surface area contributed by atoms with Crippen molar-refractivity contribution in [1.82, 2.24) is 10.6 Å². The van der Waals surface area contributed by atoms with Crippen LogP contribution in [0.15, 0.2) is 0 Å². The number of hydrogen-bond donors (Lipinski definition) is 2. The van der Waals surface area contributed by atoms with Crippen LogP contribution in [0.4, 0.5) is 0 Å². The summed E-state index contributed by atoms with van der Waals surface area (Å²) < 4.78 is 5.23. The molecule has 0 aromatic heterocycles. The Balaban J connectivity index is 2.49. The molecule has 2 N–H and O–H groups in total. The molecule has 1 fully saturated rings. The Kier molecular flexibility index (Phi) is 8.11. The minimum atomic E-state index is -0.545. The van der Waals surface area contributed by atoms with Crippen molar-refractivity contribution in [2.45, 2.75) is 58.7 Å². The molecule has 5 nitrogen and oxygen atoms in total. The van der Waals surface area contributed by atoms with E-state index in [4.69, 9.17) is 4.74 Å². The molecule has 1 saturated heterocycles. The average Bonchev–Trinajstić information content (AvgIpc) is 2.37. The van der Waals surface area contributed by atoms with Gasteiger partial charge < -0.3 is 15.4 Å². The van der Waals surface area contributed by atoms with Crippen LogP contribution in [0.25, 0.3) is 0 Å². The van der Waals surface area contributed by atoms with Crippen molar-refractivity contribution in [2.24, 2.45) is 5.92 Å². The fourth-order valence-corrected chi connectivity index (χ4v) is 3.18. The van der Waals surface area contributed by atoms with E-state index in [1.165, 1.54) is 0 Å². The monoisotopic (exact) mass is 316 g/mol. The minimum Gasteiger partial charge on any atom is -0.461 e. The highest BCUT2D eigenvalue weighted by Crippen LogP contribution is 2.12. The number of nitrogens with one attached hydrogen (secondary N) is 2. The Bertz CT molecular complexity index is 342. The van der Waals surface area contributed by atoms with Crippen LogP contribution in [0.3, 0.4) is 0 Å². The molecule has 122 valence electrons. The van der Waals surface area contributed by atoms with E-state index < -0.39 is 6.04 Å². The Labute approximate surface area is 132 Å². The molecule has 1 aliphatic heterocycles. The third-order valence-electron chi connectivity index (χ3n) is 3.11. The smallest absolute Gasteiger partial charge is 0.328 e. The number of thioether (sulfide) groups is 1. The summed E-state index contributed by atoms with van der Waals surface area (Å²) in [7, 11) is 0. The number of amides is 1. The van der Waals surface area contributed by atoms with Gasteiger partial charge in [0.2, 0.25) is 5.91 Å². The molecule has 1 heterocycles. The maximum atomic E-state index is 12.1. The molecule has 0 aromatic carbocycles. The van der Waals surface area contributed by atoms with Crippen molar-refractivity contribution in [1.29, 1.82) is 0 Å². The van der Waals surface area contributed by atoms with Crippen molar-refractivity contribution in [3.8, 4) is 0 Å². The third kappa shape index (κ3) is 7.71. The topological polar surface area (TPSA) is 67.4 Å². The number of hydrogen-bond acceptors (Lipinski definition) is 5. The lowest BCUT2D eigenvalue weighted by atomic mass is 10.0. The summed E-state index contributed by atoms with van der Waals surface area (Å²) in [5.41, 5.74) is 0. The molecular weight excluding hydrogens is 288 g/mol. The van der Waals surface area contributed by atoms with Gasteiger partial charge in [0, 0.05) is 30.5 Å². The molecule has 0 radical (unpaired) electrons.